The average Bonchev–Trinajstić information content (AvgIpc) is 2.78. The van der Waals surface area contributed by atoms with Gasteiger partial charge >= 0.3 is 5.97 Å². The van der Waals surface area contributed by atoms with Crippen molar-refractivity contribution >= 4 is 40.9 Å². The molecule has 0 radical (unpaired) electrons. The number of nitrogens with zero attached hydrogens (tertiary/aromatic N) is 1. The summed E-state index contributed by atoms with van der Waals surface area (Å²) in [6.45, 7) is 5.36. The maximum absolute atomic E-state index is 13.3. The Hall–Kier alpha value is -2.37. The molecule has 178 valence electrons. The SMILES string of the molecule is CCC(=O)[C@H](CC)N1C(=O)[C@@](C)(CC(=O)O)CC[C@H]1c1ccc(Cl)cc1.Clc1ccccc1. The highest BCUT2D eigenvalue weighted by Crippen LogP contribution is 2.44. The standard InChI is InChI=1S/C20H26ClNO4.C6H5Cl/c1-4-15(17(23)5-2)22-16(13-6-8-14(21)9-7-13)10-11-20(3,19(22)26)12-18(24)25;7-6-4-2-1-3-5-6/h6-9,15-16H,4-5,10-12H2,1-3H3,(H,24,25);1-5H/t15-,16-,20+;/m0./s1. The van der Waals surface area contributed by atoms with Crippen LogP contribution in [0, 0.1) is 5.41 Å². The Morgan fingerprint density at radius 1 is 1.06 bits per heavy atom. The average molecular weight is 492 g/mol. The zero-order chi connectivity index (χ0) is 24.6. The number of ketones is 1. The van der Waals surface area contributed by atoms with Crippen molar-refractivity contribution in [2.45, 2.75) is 65.0 Å². The van der Waals surface area contributed by atoms with Crippen LogP contribution >= 0.6 is 23.2 Å². The van der Waals surface area contributed by atoms with Gasteiger partial charge in [0, 0.05) is 16.5 Å². The largest absolute Gasteiger partial charge is 0.481 e. The molecule has 3 atom stereocenters. The minimum Gasteiger partial charge on any atom is -0.481 e. The van der Waals surface area contributed by atoms with Crippen LogP contribution in [0.1, 0.15) is 64.5 Å². The fourth-order valence-corrected chi connectivity index (χ4v) is 4.52. The summed E-state index contributed by atoms with van der Waals surface area (Å²) < 4.78 is 0. The highest BCUT2D eigenvalue weighted by molar-refractivity contribution is 6.30. The Morgan fingerprint density at radius 2 is 1.64 bits per heavy atom. The van der Waals surface area contributed by atoms with Crippen molar-refractivity contribution in [3.8, 4) is 0 Å². The Morgan fingerprint density at radius 3 is 2.09 bits per heavy atom. The molecule has 33 heavy (non-hydrogen) atoms. The molecule has 2 aromatic rings. The van der Waals surface area contributed by atoms with Gasteiger partial charge in [-0.25, -0.2) is 0 Å². The third-order valence-electron chi connectivity index (χ3n) is 6.03. The Balaban J connectivity index is 0.000000468. The summed E-state index contributed by atoms with van der Waals surface area (Å²) >= 11 is 11.5. The van der Waals surface area contributed by atoms with E-state index in [-0.39, 0.29) is 24.2 Å². The van der Waals surface area contributed by atoms with E-state index in [0.29, 0.717) is 30.7 Å². The van der Waals surface area contributed by atoms with Crippen LogP contribution in [0.15, 0.2) is 54.6 Å². The number of rotatable bonds is 7. The fraction of sp³-hybridized carbons (Fsp3) is 0.423. The molecule has 1 saturated heterocycles. The number of hydrogen-bond donors (Lipinski definition) is 1. The van der Waals surface area contributed by atoms with Gasteiger partial charge in [0.05, 0.1) is 23.9 Å². The van der Waals surface area contributed by atoms with Gasteiger partial charge in [0.1, 0.15) is 0 Å². The van der Waals surface area contributed by atoms with Gasteiger partial charge in [0.15, 0.2) is 5.78 Å². The maximum atomic E-state index is 13.3. The topological polar surface area (TPSA) is 74.7 Å². The van der Waals surface area contributed by atoms with Gasteiger partial charge in [-0.2, -0.15) is 0 Å². The molecule has 0 aromatic heterocycles. The van der Waals surface area contributed by atoms with Crippen LogP contribution in [-0.2, 0) is 14.4 Å². The van der Waals surface area contributed by atoms with Crippen molar-refractivity contribution in [1.82, 2.24) is 4.90 Å². The second-order valence-electron chi connectivity index (χ2n) is 8.49. The van der Waals surface area contributed by atoms with Crippen molar-refractivity contribution in [2.75, 3.05) is 0 Å². The lowest BCUT2D eigenvalue weighted by Crippen LogP contribution is -2.55. The third kappa shape index (κ3) is 7.05. The first kappa shape index (κ1) is 26.9. The van der Waals surface area contributed by atoms with E-state index in [4.69, 9.17) is 23.2 Å². The number of carboxylic acids is 1. The molecule has 0 saturated carbocycles. The predicted molar refractivity (Wildman–Crippen MR) is 131 cm³/mol. The molecule has 1 amide bonds. The molecular formula is C26H31Cl2NO4. The van der Waals surface area contributed by atoms with E-state index < -0.39 is 17.4 Å². The lowest BCUT2D eigenvalue weighted by molar-refractivity contribution is -0.161. The Kier molecular flexibility index (Phi) is 9.93. The quantitative estimate of drug-likeness (QED) is 0.474. The number of amides is 1. The second kappa shape index (κ2) is 12.2. The summed E-state index contributed by atoms with van der Waals surface area (Å²) in [6, 6.07) is 15.9. The summed E-state index contributed by atoms with van der Waals surface area (Å²) in [5.41, 5.74) is -0.0709. The molecule has 0 bridgehead atoms. The van der Waals surface area contributed by atoms with Gasteiger partial charge in [-0.05, 0) is 49.1 Å². The fourth-order valence-electron chi connectivity index (χ4n) is 4.25. The van der Waals surface area contributed by atoms with Crippen LogP contribution in [0.2, 0.25) is 10.0 Å². The molecule has 1 aliphatic rings. The van der Waals surface area contributed by atoms with Gasteiger partial charge in [-0.1, -0.05) is 74.3 Å². The van der Waals surface area contributed by atoms with Crippen LogP contribution < -0.4 is 0 Å². The van der Waals surface area contributed by atoms with E-state index in [1.807, 2.05) is 49.4 Å². The summed E-state index contributed by atoms with van der Waals surface area (Å²) in [7, 11) is 0. The Bertz CT molecular complexity index is 949. The van der Waals surface area contributed by atoms with E-state index in [1.165, 1.54) is 0 Å². The highest BCUT2D eigenvalue weighted by Gasteiger charge is 2.48. The number of carboxylic acid groups (broad SMARTS) is 1. The van der Waals surface area contributed by atoms with Gasteiger partial charge in [-0.3, -0.25) is 14.4 Å². The molecule has 1 fully saturated rings. The number of carbonyl (C=O) groups excluding carboxylic acids is 2. The van der Waals surface area contributed by atoms with Crippen molar-refractivity contribution in [1.29, 1.82) is 0 Å². The molecule has 0 spiro atoms. The first-order valence-corrected chi connectivity index (χ1v) is 11.9. The lowest BCUT2D eigenvalue weighted by Gasteiger charge is -2.47. The predicted octanol–water partition coefficient (Wildman–Crippen LogP) is 6.58. The molecule has 1 heterocycles. The first-order valence-electron chi connectivity index (χ1n) is 11.2. The molecule has 3 rings (SSSR count). The molecule has 1 N–H and O–H groups in total. The van der Waals surface area contributed by atoms with Crippen LogP contribution in [-0.4, -0.2) is 33.7 Å². The van der Waals surface area contributed by atoms with Gasteiger partial charge in [-0.15, -0.1) is 0 Å². The van der Waals surface area contributed by atoms with Crippen molar-refractivity contribution in [3.05, 3.63) is 70.2 Å². The zero-order valence-electron chi connectivity index (χ0n) is 19.3. The summed E-state index contributed by atoms with van der Waals surface area (Å²) in [4.78, 5) is 38.8. The van der Waals surface area contributed by atoms with Crippen molar-refractivity contribution in [2.24, 2.45) is 5.41 Å². The minimum absolute atomic E-state index is 0.000566. The van der Waals surface area contributed by atoms with Crippen LogP contribution in [0.25, 0.3) is 0 Å². The van der Waals surface area contributed by atoms with Crippen LogP contribution in [0.4, 0.5) is 0 Å². The number of halogens is 2. The van der Waals surface area contributed by atoms with E-state index in [2.05, 4.69) is 0 Å². The number of benzene rings is 2. The van der Waals surface area contributed by atoms with Gasteiger partial charge in [0.2, 0.25) is 5.91 Å². The van der Waals surface area contributed by atoms with E-state index in [1.54, 1.807) is 30.9 Å². The van der Waals surface area contributed by atoms with E-state index in [0.717, 1.165) is 10.6 Å². The van der Waals surface area contributed by atoms with Crippen LogP contribution in [0.3, 0.4) is 0 Å². The van der Waals surface area contributed by atoms with Gasteiger partial charge in [0.25, 0.3) is 0 Å². The minimum atomic E-state index is -0.999. The normalized spacial score (nSPS) is 21.1. The highest BCUT2D eigenvalue weighted by atomic mass is 35.5. The van der Waals surface area contributed by atoms with E-state index >= 15 is 0 Å². The van der Waals surface area contributed by atoms with E-state index in [9.17, 15) is 19.5 Å². The summed E-state index contributed by atoms with van der Waals surface area (Å²) in [5.74, 6) is -1.25. The smallest absolute Gasteiger partial charge is 0.304 e. The van der Waals surface area contributed by atoms with Gasteiger partial charge < -0.3 is 10.0 Å². The Labute approximate surface area is 205 Å². The maximum Gasteiger partial charge on any atom is 0.304 e. The monoisotopic (exact) mass is 491 g/mol. The molecule has 0 aliphatic carbocycles. The number of Topliss-reactive ketones (excluding diaryl/α,β-unsaturated/α-hetero) is 1. The number of aliphatic carboxylic acids is 1. The molecule has 7 heteroatoms. The number of carbonyl (C=O) groups is 3. The number of piperidine rings is 1. The van der Waals surface area contributed by atoms with Crippen molar-refractivity contribution in [3.63, 3.8) is 0 Å². The number of hydrogen-bond acceptors (Lipinski definition) is 3. The molecule has 1 aliphatic heterocycles. The second-order valence-corrected chi connectivity index (χ2v) is 9.36. The summed E-state index contributed by atoms with van der Waals surface area (Å²) in [5, 5.41) is 10.6. The molecule has 5 nitrogen and oxygen atoms in total. The zero-order valence-corrected chi connectivity index (χ0v) is 20.8. The number of likely N-dealkylation sites (tertiary alicyclic amines) is 1. The summed E-state index contributed by atoms with van der Waals surface area (Å²) in [6.07, 6.45) is 1.70. The van der Waals surface area contributed by atoms with Crippen LogP contribution in [0.5, 0.6) is 0 Å². The lowest BCUT2D eigenvalue weighted by atomic mass is 9.74. The third-order valence-corrected chi connectivity index (χ3v) is 6.53. The molecule has 0 unspecified atom stereocenters. The molecular weight excluding hydrogens is 461 g/mol. The van der Waals surface area contributed by atoms with Crippen molar-refractivity contribution < 1.29 is 19.5 Å². The first-order chi connectivity index (χ1) is 15.6. The molecule has 2 aromatic carbocycles.